The standard InChI is InChI=1S/C23H26N4OS/c1-2-26-13-15-27(16-14-26)20-10-4-3-9-19(20)25-22(28)17-29-21-11-5-7-18-8-6-12-24-23(18)21/h3-12H,2,13-17H2,1H3,(H,25,28). The summed E-state index contributed by atoms with van der Waals surface area (Å²) >= 11 is 1.53. The summed E-state index contributed by atoms with van der Waals surface area (Å²) < 4.78 is 0. The minimum Gasteiger partial charge on any atom is -0.367 e. The molecule has 5 nitrogen and oxygen atoms in total. The Morgan fingerprint density at radius 1 is 1.03 bits per heavy atom. The van der Waals surface area contributed by atoms with Crippen molar-refractivity contribution in [1.29, 1.82) is 0 Å². The van der Waals surface area contributed by atoms with E-state index in [0.717, 1.165) is 59.9 Å². The second-order valence-corrected chi connectivity index (χ2v) is 8.12. The fourth-order valence-corrected chi connectivity index (χ4v) is 4.52. The van der Waals surface area contributed by atoms with Gasteiger partial charge in [0, 0.05) is 42.7 Å². The van der Waals surface area contributed by atoms with E-state index in [-0.39, 0.29) is 5.91 Å². The van der Waals surface area contributed by atoms with Gasteiger partial charge in [-0.15, -0.1) is 11.8 Å². The number of nitrogens with one attached hydrogen (secondary N) is 1. The van der Waals surface area contributed by atoms with Crippen molar-refractivity contribution in [3.05, 3.63) is 60.8 Å². The van der Waals surface area contributed by atoms with Gasteiger partial charge in [0.25, 0.3) is 0 Å². The Morgan fingerprint density at radius 2 is 1.83 bits per heavy atom. The van der Waals surface area contributed by atoms with E-state index in [4.69, 9.17) is 0 Å². The molecule has 3 aromatic rings. The van der Waals surface area contributed by atoms with Gasteiger partial charge in [-0.1, -0.05) is 37.3 Å². The highest BCUT2D eigenvalue weighted by Crippen LogP contribution is 2.29. The SMILES string of the molecule is CCN1CCN(c2ccccc2NC(=O)CSc2cccc3cccnc23)CC1. The van der Waals surface area contributed by atoms with E-state index >= 15 is 0 Å². The van der Waals surface area contributed by atoms with Crippen molar-refractivity contribution < 1.29 is 4.79 Å². The molecule has 1 aliphatic heterocycles. The summed E-state index contributed by atoms with van der Waals surface area (Å²) in [4.78, 5) is 23.0. The largest absolute Gasteiger partial charge is 0.367 e. The van der Waals surface area contributed by atoms with Crippen LogP contribution in [0, 0.1) is 0 Å². The minimum absolute atomic E-state index is 0.00239. The van der Waals surface area contributed by atoms with Gasteiger partial charge in [-0.2, -0.15) is 0 Å². The number of carbonyl (C=O) groups excluding carboxylic acids is 1. The lowest BCUT2D eigenvalue weighted by molar-refractivity contribution is -0.113. The smallest absolute Gasteiger partial charge is 0.234 e. The van der Waals surface area contributed by atoms with Crippen molar-refractivity contribution >= 4 is 39.9 Å². The fourth-order valence-electron chi connectivity index (χ4n) is 3.68. The molecule has 2 aromatic carbocycles. The summed E-state index contributed by atoms with van der Waals surface area (Å²) in [5.74, 6) is 0.357. The number of rotatable bonds is 6. The molecule has 1 aliphatic rings. The minimum atomic E-state index is 0.00239. The number of fused-ring (bicyclic) bond motifs is 1. The molecule has 0 aliphatic carbocycles. The lowest BCUT2D eigenvalue weighted by Crippen LogP contribution is -2.46. The van der Waals surface area contributed by atoms with E-state index in [1.807, 2.05) is 48.5 Å². The summed E-state index contributed by atoms with van der Waals surface area (Å²) in [6.45, 7) is 7.37. The third-order valence-electron chi connectivity index (χ3n) is 5.29. The van der Waals surface area contributed by atoms with Crippen LogP contribution in [-0.4, -0.2) is 54.3 Å². The summed E-state index contributed by atoms with van der Waals surface area (Å²) in [7, 11) is 0. The zero-order chi connectivity index (χ0) is 20.1. The Hall–Kier alpha value is -2.57. The van der Waals surface area contributed by atoms with Crippen LogP contribution in [0.3, 0.4) is 0 Å². The maximum atomic E-state index is 12.7. The van der Waals surface area contributed by atoms with Crippen molar-refractivity contribution in [3.63, 3.8) is 0 Å². The number of para-hydroxylation sites is 3. The average Bonchev–Trinajstić information content (AvgIpc) is 2.78. The third-order valence-corrected chi connectivity index (χ3v) is 6.34. The molecule has 1 amide bonds. The molecule has 0 bridgehead atoms. The van der Waals surface area contributed by atoms with Gasteiger partial charge in [-0.3, -0.25) is 9.78 Å². The monoisotopic (exact) mass is 406 g/mol. The van der Waals surface area contributed by atoms with Crippen LogP contribution < -0.4 is 10.2 Å². The predicted octanol–water partition coefficient (Wildman–Crippen LogP) is 4.11. The van der Waals surface area contributed by atoms with Crippen molar-refractivity contribution in [2.45, 2.75) is 11.8 Å². The molecule has 29 heavy (non-hydrogen) atoms. The number of carbonyl (C=O) groups is 1. The number of pyridine rings is 1. The molecular weight excluding hydrogens is 380 g/mol. The van der Waals surface area contributed by atoms with Gasteiger partial charge in [-0.25, -0.2) is 0 Å². The van der Waals surface area contributed by atoms with E-state index in [2.05, 4.69) is 33.1 Å². The normalized spacial score (nSPS) is 14.9. The number of hydrogen-bond donors (Lipinski definition) is 1. The quantitative estimate of drug-likeness (QED) is 0.625. The van der Waals surface area contributed by atoms with Crippen molar-refractivity contribution in [2.75, 3.05) is 48.7 Å². The second kappa shape index (κ2) is 9.29. The number of thioether (sulfide) groups is 1. The number of hydrogen-bond acceptors (Lipinski definition) is 5. The van der Waals surface area contributed by atoms with Crippen molar-refractivity contribution in [2.24, 2.45) is 0 Å². The van der Waals surface area contributed by atoms with Crippen LogP contribution in [0.15, 0.2) is 65.7 Å². The molecule has 6 heteroatoms. The number of benzene rings is 2. The first kappa shape index (κ1) is 19.7. The third kappa shape index (κ3) is 4.71. The average molecular weight is 407 g/mol. The first-order valence-electron chi connectivity index (χ1n) is 10.1. The molecule has 1 fully saturated rings. The molecule has 0 spiro atoms. The Bertz CT molecular complexity index is 980. The van der Waals surface area contributed by atoms with Crippen molar-refractivity contribution in [3.8, 4) is 0 Å². The summed E-state index contributed by atoms with van der Waals surface area (Å²) in [5, 5.41) is 4.21. The zero-order valence-electron chi connectivity index (χ0n) is 16.7. The molecule has 150 valence electrons. The predicted molar refractivity (Wildman–Crippen MR) is 122 cm³/mol. The molecule has 4 rings (SSSR count). The second-order valence-electron chi connectivity index (χ2n) is 7.11. The molecule has 1 aromatic heterocycles. The molecule has 0 unspecified atom stereocenters. The highest BCUT2D eigenvalue weighted by molar-refractivity contribution is 8.00. The molecular formula is C23H26N4OS. The van der Waals surface area contributed by atoms with Crippen LogP contribution in [0.4, 0.5) is 11.4 Å². The topological polar surface area (TPSA) is 48.5 Å². The van der Waals surface area contributed by atoms with Gasteiger partial charge >= 0.3 is 0 Å². The van der Waals surface area contributed by atoms with Crippen LogP contribution in [0.5, 0.6) is 0 Å². The van der Waals surface area contributed by atoms with Crippen molar-refractivity contribution in [1.82, 2.24) is 9.88 Å². The van der Waals surface area contributed by atoms with Gasteiger partial charge in [0.15, 0.2) is 0 Å². The summed E-state index contributed by atoms with van der Waals surface area (Å²) in [6, 6.07) is 18.1. The van der Waals surface area contributed by atoms with Gasteiger partial charge in [0.05, 0.1) is 22.6 Å². The Balaban J connectivity index is 1.41. The number of nitrogens with zero attached hydrogens (tertiary/aromatic N) is 3. The number of aromatic nitrogens is 1. The van der Waals surface area contributed by atoms with E-state index < -0.39 is 0 Å². The van der Waals surface area contributed by atoms with E-state index in [0.29, 0.717) is 5.75 Å². The number of anilines is 2. The first-order valence-corrected chi connectivity index (χ1v) is 11.1. The van der Waals surface area contributed by atoms with Crippen LogP contribution >= 0.6 is 11.8 Å². The Labute approximate surface area is 176 Å². The summed E-state index contributed by atoms with van der Waals surface area (Å²) in [6.07, 6.45) is 1.79. The maximum absolute atomic E-state index is 12.7. The number of piperazine rings is 1. The Morgan fingerprint density at radius 3 is 2.66 bits per heavy atom. The lowest BCUT2D eigenvalue weighted by Gasteiger charge is -2.36. The first-order chi connectivity index (χ1) is 14.2. The maximum Gasteiger partial charge on any atom is 0.234 e. The number of likely N-dealkylation sites (N-methyl/N-ethyl adjacent to an activating group) is 1. The van der Waals surface area contributed by atoms with E-state index in [9.17, 15) is 4.79 Å². The van der Waals surface area contributed by atoms with Gasteiger partial charge in [0.2, 0.25) is 5.91 Å². The molecule has 0 saturated carbocycles. The zero-order valence-corrected chi connectivity index (χ0v) is 17.5. The lowest BCUT2D eigenvalue weighted by atomic mass is 10.2. The van der Waals surface area contributed by atoms with Crippen LogP contribution in [0.2, 0.25) is 0 Å². The van der Waals surface area contributed by atoms with Gasteiger partial charge < -0.3 is 15.1 Å². The Kier molecular flexibility index (Phi) is 6.32. The molecule has 1 N–H and O–H groups in total. The molecule has 1 saturated heterocycles. The van der Waals surface area contributed by atoms with Crippen LogP contribution in [-0.2, 0) is 4.79 Å². The van der Waals surface area contributed by atoms with E-state index in [1.165, 1.54) is 11.8 Å². The highest BCUT2D eigenvalue weighted by Gasteiger charge is 2.19. The van der Waals surface area contributed by atoms with Gasteiger partial charge in [-0.05, 0) is 30.8 Å². The molecule has 2 heterocycles. The van der Waals surface area contributed by atoms with Crippen LogP contribution in [0.1, 0.15) is 6.92 Å². The highest BCUT2D eigenvalue weighted by atomic mass is 32.2. The fraction of sp³-hybridized carbons (Fsp3) is 0.304. The van der Waals surface area contributed by atoms with Crippen LogP contribution in [0.25, 0.3) is 10.9 Å². The number of amides is 1. The van der Waals surface area contributed by atoms with E-state index in [1.54, 1.807) is 6.20 Å². The molecule has 0 atom stereocenters. The molecule has 0 radical (unpaired) electrons. The van der Waals surface area contributed by atoms with Gasteiger partial charge in [0.1, 0.15) is 0 Å². The summed E-state index contributed by atoms with van der Waals surface area (Å²) in [5.41, 5.74) is 2.94.